The van der Waals surface area contributed by atoms with Crippen LogP contribution >= 0.6 is 69.0 Å². The maximum absolute atomic E-state index is 13.5. The summed E-state index contributed by atoms with van der Waals surface area (Å²) in [6.45, 7) is 0.334. The number of amides is 4. The standard InChI is InChI=1S/C32H21Cl4IN2O6/c1-43-28-12-17(11-27(37)29(28)45-16-19-3-5-21(34)14-26(19)36)10-24-30(40)38-32(42)39(31(24)41)22-6-8-23(9-7-22)44-15-18-2-4-20(33)13-25(18)35/h2-14H,15-16H2,1H3,(H,38,40,42)/b24-10+. The first-order valence-corrected chi connectivity index (χ1v) is 15.7. The van der Waals surface area contributed by atoms with Gasteiger partial charge in [0.25, 0.3) is 11.8 Å². The van der Waals surface area contributed by atoms with Crippen LogP contribution in [0.4, 0.5) is 10.5 Å². The van der Waals surface area contributed by atoms with E-state index in [1.807, 2.05) is 0 Å². The first kappa shape index (κ1) is 32.9. The number of imide groups is 2. The van der Waals surface area contributed by atoms with E-state index in [1.54, 1.807) is 60.7 Å². The molecule has 8 nitrogen and oxygen atoms in total. The van der Waals surface area contributed by atoms with Crippen molar-refractivity contribution in [3.63, 3.8) is 0 Å². The number of halogens is 5. The zero-order chi connectivity index (χ0) is 32.2. The third kappa shape index (κ3) is 7.67. The van der Waals surface area contributed by atoms with Gasteiger partial charge in [-0.25, -0.2) is 9.69 Å². The molecule has 45 heavy (non-hydrogen) atoms. The number of ether oxygens (including phenoxy) is 3. The van der Waals surface area contributed by atoms with Crippen LogP contribution in [0.25, 0.3) is 6.08 Å². The Kier molecular flexibility index (Phi) is 10.5. The monoisotopic (exact) mass is 796 g/mol. The largest absolute Gasteiger partial charge is 0.493 e. The lowest BCUT2D eigenvalue weighted by Gasteiger charge is -2.26. The molecule has 4 aromatic carbocycles. The van der Waals surface area contributed by atoms with E-state index in [1.165, 1.54) is 25.3 Å². The number of benzene rings is 4. The Hall–Kier alpha value is -3.48. The predicted octanol–water partition coefficient (Wildman–Crippen LogP) is 8.74. The van der Waals surface area contributed by atoms with Crippen molar-refractivity contribution in [3.05, 3.63) is 119 Å². The minimum atomic E-state index is -0.875. The summed E-state index contributed by atoms with van der Waals surface area (Å²) in [5, 5.41) is 4.18. The van der Waals surface area contributed by atoms with E-state index in [4.69, 9.17) is 60.6 Å². The fourth-order valence-corrected chi connectivity index (χ4v) is 6.01. The van der Waals surface area contributed by atoms with Crippen LogP contribution in [-0.2, 0) is 22.8 Å². The molecule has 230 valence electrons. The summed E-state index contributed by atoms with van der Waals surface area (Å²) in [4.78, 5) is 39.9. The second-order valence-corrected chi connectivity index (χ2v) is 12.4. The van der Waals surface area contributed by atoms with E-state index >= 15 is 0 Å². The van der Waals surface area contributed by atoms with Crippen molar-refractivity contribution in [1.29, 1.82) is 0 Å². The molecule has 1 aliphatic rings. The molecule has 0 aromatic heterocycles. The molecule has 0 saturated carbocycles. The Labute approximate surface area is 291 Å². The lowest BCUT2D eigenvalue weighted by molar-refractivity contribution is -0.122. The second-order valence-electron chi connectivity index (χ2n) is 9.53. The molecule has 1 fully saturated rings. The minimum absolute atomic E-state index is 0.152. The second kappa shape index (κ2) is 14.3. The quantitative estimate of drug-likeness (QED) is 0.104. The van der Waals surface area contributed by atoms with Crippen LogP contribution < -0.4 is 24.4 Å². The molecule has 0 radical (unpaired) electrons. The first-order valence-electron chi connectivity index (χ1n) is 13.1. The van der Waals surface area contributed by atoms with Crippen molar-refractivity contribution in [3.8, 4) is 17.2 Å². The van der Waals surface area contributed by atoms with Gasteiger partial charge in [-0.1, -0.05) is 58.5 Å². The third-order valence-electron chi connectivity index (χ3n) is 6.56. The molecule has 13 heteroatoms. The van der Waals surface area contributed by atoms with Crippen LogP contribution in [0.3, 0.4) is 0 Å². The third-order valence-corrected chi connectivity index (χ3v) is 8.53. The molecule has 0 unspecified atom stereocenters. The molecule has 4 amide bonds. The Morgan fingerprint density at radius 2 is 1.40 bits per heavy atom. The van der Waals surface area contributed by atoms with Crippen LogP contribution in [0.2, 0.25) is 20.1 Å². The molecule has 1 heterocycles. The van der Waals surface area contributed by atoms with Crippen LogP contribution in [0, 0.1) is 3.57 Å². The summed E-state index contributed by atoms with van der Waals surface area (Å²) in [5.41, 5.74) is 1.94. The number of hydrogen-bond acceptors (Lipinski definition) is 6. The Balaban J connectivity index is 1.34. The Morgan fingerprint density at radius 3 is 1.98 bits per heavy atom. The smallest absolute Gasteiger partial charge is 0.335 e. The number of urea groups is 1. The highest BCUT2D eigenvalue weighted by molar-refractivity contribution is 14.1. The van der Waals surface area contributed by atoms with Crippen LogP contribution in [0.5, 0.6) is 17.2 Å². The number of rotatable bonds is 9. The molecule has 0 bridgehead atoms. The molecule has 0 spiro atoms. The van der Waals surface area contributed by atoms with Crippen LogP contribution in [-0.4, -0.2) is 25.0 Å². The number of carbonyl (C=O) groups excluding carboxylic acids is 3. The Bertz CT molecular complexity index is 1850. The molecular weight excluding hydrogens is 777 g/mol. The average molecular weight is 798 g/mol. The summed E-state index contributed by atoms with van der Waals surface area (Å²) >= 11 is 26.5. The Morgan fingerprint density at radius 1 is 0.800 bits per heavy atom. The van der Waals surface area contributed by atoms with Crippen molar-refractivity contribution in [1.82, 2.24) is 5.32 Å². The number of carbonyl (C=O) groups is 3. The number of anilines is 1. The number of methoxy groups -OCH3 is 1. The normalized spacial score (nSPS) is 14.0. The van der Waals surface area contributed by atoms with E-state index in [0.29, 0.717) is 46.5 Å². The van der Waals surface area contributed by atoms with Crippen molar-refractivity contribution in [2.45, 2.75) is 13.2 Å². The van der Waals surface area contributed by atoms with Gasteiger partial charge in [-0.2, -0.15) is 0 Å². The summed E-state index contributed by atoms with van der Waals surface area (Å²) in [6.07, 6.45) is 1.38. The van der Waals surface area contributed by atoms with Gasteiger partial charge in [0, 0.05) is 31.2 Å². The van der Waals surface area contributed by atoms with E-state index in [9.17, 15) is 14.4 Å². The maximum Gasteiger partial charge on any atom is 0.335 e. The van der Waals surface area contributed by atoms with Crippen LogP contribution in [0.15, 0.2) is 78.4 Å². The molecule has 1 saturated heterocycles. The summed E-state index contributed by atoms with van der Waals surface area (Å²) in [5.74, 6) is -0.331. The average Bonchev–Trinajstić information content (AvgIpc) is 2.99. The first-order chi connectivity index (χ1) is 21.5. The molecule has 1 aliphatic heterocycles. The van der Waals surface area contributed by atoms with Gasteiger partial charge in [-0.05, 0) is 94.9 Å². The van der Waals surface area contributed by atoms with Gasteiger partial charge < -0.3 is 14.2 Å². The molecule has 5 rings (SSSR count). The zero-order valence-corrected chi connectivity index (χ0v) is 28.4. The van der Waals surface area contributed by atoms with Gasteiger partial charge in [-0.3, -0.25) is 14.9 Å². The molecule has 0 aliphatic carbocycles. The van der Waals surface area contributed by atoms with E-state index in [-0.39, 0.29) is 24.5 Å². The fraction of sp³-hybridized carbons (Fsp3) is 0.0938. The van der Waals surface area contributed by atoms with Gasteiger partial charge in [0.05, 0.1) is 16.4 Å². The van der Waals surface area contributed by atoms with Gasteiger partial charge in [0.2, 0.25) is 0 Å². The number of nitrogens with one attached hydrogen (secondary N) is 1. The van der Waals surface area contributed by atoms with Gasteiger partial charge in [0.15, 0.2) is 11.5 Å². The highest BCUT2D eigenvalue weighted by Gasteiger charge is 2.37. The number of barbiturate groups is 1. The molecular formula is C32H21Cl4IN2O6. The highest BCUT2D eigenvalue weighted by atomic mass is 127. The van der Waals surface area contributed by atoms with Crippen molar-refractivity contribution < 1.29 is 28.6 Å². The van der Waals surface area contributed by atoms with Crippen molar-refractivity contribution in [2.75, 3.05) is 12.0 Å². The molecule has 0 atom stereocenters. The molecule has 1 N–H and O–H groups in total. The maximum atomic E-state index is 13.5. The van der Waals surface area contributed by atoms with Crippen molar-refractivity contribution in [2.24, 2.45) is 0 Å². The van der Waals surface area contributed by atoms with E-state index in [2.05, 4.69) is 27.9 Å². The summed E-state index contributed by atoms with van der Waals surface area (Å²) < 4.78 is 18.0. The van der Waals surface area contributed by atoms with E-state index < -0.39 is 17.8 Å². The van der Waals surface area contributed by atoms with Gasteiger partial charge in [-0.15, -0.1) is 0 Å². The van der Waals surface area contributed by atoms with Gasteiger partial charge in [0.1, 0.15) is 24.5 Å². The summed E-state index contributed by atoms with van der Waals surface area (Å²) in [7, 11) is 1.47. The molecule has 4 aromatic rings. The van der Waals surface area contributed by atoms with Gasteiger partial charge >= 0.3 is 6.03 Å². The van der Waals surface area contributed by atoms with Crippen LogP contribution in [0.1, 0.15) is 16.7 Å². The topological polar surface area (TPSA) is 94.2 Å². The number of nitrogens with zero attached hydrogens (tertiary/aromatic N) is 1. The lowest BCUT2D eigenvalue weighted by Crippen LogP contribution is -2.54. The van der Waals surface area contributed by atoms with E-state index in [0.717, 1.165) is 16.0 Å². The predicted molar refractivity (Wildman–Crippen MR) is 183 cm³/mol. The lowest BCUT2D eigenvalue weighted by atomic mass is 10.1. The number of hydrogen-bond donors (Lipinski definition) is 1. The van der Waals surface area contributed by atoms with Crippen molar-refractivity contribution >= 4 is 98.6 Å². The SMILES string of the molecule is COc1cc(/C=C2\C(=O)NC(=O)N(c3ccc(OCc4ccc(Cl)cc4Cl)cc3)C2=O)cc(I)c1OCc1ccc(Cl)cc1Cl. The minimum Gasteiger partial charge on any atom is -0.493 e. The zero-order valence-electron chi connectivity index (χ0n) is 23.2. The highest BCUT2D eigenvalue weighted by Crippen LogP contribution is 2.36. The fourth-order valence-electron chi connectivity index (χ4n) is 4.30. The summed E-state index contributed by atoms with van der Waals surface area (Å²) in [6, 6.07) is 18.9.